The normalized spacial score (nSPS) is 11.4. The molecule has 0 heterocycles. The van der Waals surface area contributed by atoms with E-state index in [4.69, 9.17) is 10.5 Å². The van der Waals surface area contributed by atoms with E-state index in [2.05, 4.69) is 15.9 Å². The minimum atomic E-state index is -4.53. The molecule has 0 aromatic heterocycles. The van der Waals surface area contributed by atoms with E-state index in [1.807, 2.05) is 0 Å². The molecule has 0 saturated carbocycles. The molecule has 0 bridgehead atoms. The third-order valence-electron chi connectivity index (χ3n) is 2.38. The molecule has 2 aromatic rings. The maximum absolute atomic E-state index is 13.3. The van der Waals surface area contributed by atoms with Gasteiger partial charge in [0.05, 0.1) is 10.0 Å². The smallest absolute Gasteiger partial charge is 0.416 e. The predicted molar refractivity (Wildman–Crippen MR) is 70.0 cm³/mol. The van der Waals surface area contributed by atoms with Crippen molar-refractivity contribution in [3.63, 3.8) is 0 Å². The van der Waals surface area contributed by atoms with Gasteiger partial charge in [0, 0.05) is 17.8 Å². The summed E-state index contributed by atoms with van der Waals surface area (Å²) in [6.45, 7) is 0. The first kappa shape index (κ1) is 14.6. The van der Waals surface area contributed by atoms with Gasteiger partial charge in [0.25, 0.3) is 0 Å². The van der Waals surface area contributed by atoms with Crippen LogP contribution in [0, 0.1) is 5.82 Å². The molecule has 0 spiro atoms. The van der Waals surface area contributed by atoms with Crippen molar-refractivity contribution in [1.82, 2.24) is 0 Å². The van der Waals surface area contributed by atoms with Gasteiger partial charge in [-0.25, -0.2) is 4.39 Å². The molecule has 0 unspecified atom stereocenters. The zero-order chi connectivity index (χ0) is 14.9. The summed E-state index contributed by atoms with van der Waals surface area (Å²) < 4.78 is 56.6. The summed E-state index contributed by atoms with van der Waals surface area (Å²) in [4.78, 5) is 0. The average Bonchev–Trinajstić information content (AvgIpc) is 2.32. The Bertz CT molecular complexity index is 643. The van der Waals surface area contributed by atoms with Gasteiger partial charge < -0.3 is 10.5 Å². The number of alkyl halides is 3. The second-order valence-corrected chi connectivity index (χ2v) is 4.82. The molecule has 0 aliphatic rings. The van der Waals surface area contributed by atoms with Gasteiger partial charge in [-0.2, -0.15) is 13.2 Å². The summed E-state index contributed by atoms with van der Waals surface area (Å²) in [7, 11) is 0. The number of halogens is 5. The molecule has 2 rings (SSSR count). The molecule has 106 valence electrons. The van der Waals surface area contributed by atoms with Crippen molar-refractivity contribution in [2.45, 2.75) is 6.18 Å². The second-order valence-electron chi connectivity index (χ2n) is 3.97. The Balaban J connectivity index is 2.33. The Morgan fingerprint density at radius 3 is 2.30 bits per heavy atom. The highest BCUT2D eigenvalue weighted by molar-refractivity contribution is 9.10. The standard InChI is InChI=1S/C13H8BrF4NO/c14-11-2-1-9(6-12(11)15)20-10-4-7(13(16,17)18)3-8(19)5-10/h1-6H,19H2. The Labute approximate surface area is 120 Å². The van der Waals surface area contributed by atoms with E-state index in [0.29, 0.717) is 0 Å². The van der Waals surface area contributed by atoms with Crippen molar-refractivity contribution < 1.29 is 22.3 Å². The van der Waals surface area contributed by atoms with Crippen LogP contribution >= 0.6 is 15.9 Å². The van der Waals surface area contributed by atoms with Crippen molar-refractivity contribution in [2.75, 3.05) is 5.73 Å². The highest BCUT2D eigenvalue weighted by Gasteiger charge is 2.31. The van der Waals surface area contributed by atoms with Gasteiger partial charge in [0.2, 0.25) is 0 Å². The lowest BCUT2D eigenvalue weighted by atomic mass is 10.2. The molecule has 0 aliphatic carbocycles. The highest BCUT2D eigenvalue weighted by Crippen LogP contribution is 2.35. The lowest BCUT2D eigenvalue weighted by Gasteiger charge is -2.11. The fourth-order valence-electron chi connectivity index (χ4n) is 1.52. The van der Waals surface area contributed by atoms with E-state index in [-0.39, 0.29) is 21.7 Å². The Kier molecular flexibility index (Phi) is 3.89. The molecule has 0 atom stereocenters. The third kappa shape index (κ3) is 3.41. The quantitative estimate of drug-likeness (QED) is 0.612. The van der Waals surface area contributed by atoms with Crippen molar-refractivity contribution >= 4 is 21.6 Å². The van der Waals surface area contributed by atoms with E-state index in [9.17, 15) is 17.6 Å². The molecule has 0 radical (unpaired) electrons. The molecule has 20 heavy (non-hydrogen) atoms. The molecular weight excluding hydrogens is 342 g/mol. The molecule has 2 N–H and O–H groups in total. The number of ether oxygens (including phenoxy) is 1. The van der Waals surface area contributed by atoms with Crippen molar-refractivity contribution in [1.29, 1.82) is 0 Å². The summed E-state index contributed by atoms with van der Waals surface area (Å²) in [5.74, 6) is -0.620. The lowest BCUT2D eigenvalue weighted by molar-refractivity contribution is -0.137. The van der Waals surface area contributed by atoms with E-state index < -0.39 is 17.6 Å². The van der Waals surface area contributed by atoms with Crippen LogP contribution in [-0.4, -0.2) is 0 Å². The Hall–Kier alpha value is -1.76. The van der Waals surface area contributed by atoms with E-state index in [0.717, 1.165) is 18.2 Å². The zero-order valence-corrected chi connectivity index (χ0v) is 11.4. The molecule has 0 amide bonds. The number of nitrogens with two attached hydrogens (primary N) is 1. The fourth-order valence-corrected chi connectivity index (χ4v) is 1.77. The molecular formula is C13H8BrF4NO. The van der Waals surface area contributed by atoms with Gasteiger partial charge in [0.15, 0.2) is 0 Å². The van der Waals surface area contributed by atoms with Crippen LogP contribution in [0.1, 0.15) is 5.56 Å². The molecule has 0 fully saturated rings. The molecule has 2 aromatic carbocycles. The van der Waals surface area contributed by atoms with Gasteiger partial charge in [0.1, 0.15) is 17.3 Å². The predicted octanol–water partition coefficient (Wildman–Crippen LogP) is 4.98. The van der Waals surface area contributed by atoms with Crippen LogP contribution in [0.15, 0.2) is 40.9 Å². The summed E-state index contributed by atoms with van der Waals surface area (Å²) in [6.07, 6.45) is -4.53. The van der Waals surface area contributed by atoms with Crippen LogP contribution < -0.4 is 10.5 Å². The van der Waals surface area contributed by atoms with Crippen LogP contribution in [0.5, 0.6) is 11.5 Å². The first-order chi connectivity index (χ1) is 9.25. The topological polar surface area (TPSA) is 35.2 Å². The van der Waals surface area contributed by atoms with Gasteiger partial charge >= 0.3 is 6.18 Å². The minimum Gasteiger partial charge on any atom is -0.457 e. The van der Waals surface area contributed by atoms with Gasteiger partial charge in [-0.05, 0) is 40.2 Å². The summed E-state index contributed by atoms with van der Waals surface area (Å²) in [5.41, 5.74) is 4.39. The number of benzene rings is 2. The first-order valence-electron chi connectivity index (χ1n) is 5.36. The van der Waals surface area contributed by atoms with Gasteiger partial charge in [-0.15, -0.1) is 0 Å². The summed E-state index contributed by atoms with van der Waals surface area (Å²) in [5, 5.41) is 0. The van der Waals surface area contributed by atoms with Gasteiger partial charge in [-0.1, -0.05) is 0 Å². The number of anilines is 1. The summed E-state index contributed by atoms with van der Waals surface area (Å²) in [6, 6.07) is 6.70. The van der Waals surface area contributed by atoms with Gasteiger partial charge in [-0.3, -0.25) is 0 Å². The summed E-state index contributed by atoms with van der Waals surface area (Å²) >= 11 is 2.96. The largest absolute Gasteiger partial charge is 0.457 e. The SMILES string of the molecule is Nc1cc(Oc2ccc(Br)c(F)c2)cc(C(F)(F)F)c1. The monoisotopic (exact) mass is 349 g/mol. The van der Waals surface area contributed by atoms with Crippen molar-refractivity contribution in [3.8, 4) is 11.5 Å². The lowest BCUT2D eigenvalue weighted by Crippen LogP contribution is -2.06. The van der Waals surface area contributed by atoms with Crippen LogP contribution in [0.3, 0.4) is 0 Å². The van der Waals surface area contributed by atoms with Crippen LogP contribution in [0.4, 0.5) is 23.2 Å². The maximum atomic E-state index is 13.3. The van der Waals surface area contributed by atoms with Crippen molar-refractivity contribution in [2.24, 2.45) is 0 Å². The molecule has 0 saturated heterocycles. The number of hydrogen-bond acceptors (Lipinski definition) is 2. The zero-order valence-electron chi connectivity index (χ0n) is 9.84. The average molecular weight is 350 g/mol. The van der Waals surface area contributed by atoms with E-state index >= 15 is 0 Å². The maximum Gasteiger partial charge on any atom is 0.416 e. The first-order valence-corrected chi connectivity index (χ1v) is 6.15. The minimum absolute atomic E-state index is 0.0735. The fraction of sp³-hybridized carbons (Fsp3) is 0.0769. The third-order valence-corrected chi connectivity index (χ3v) is 3.03. The number of hydrogen-bond donors (Lipinski definition) is 1. The number of nitrogen functional groups attached to an aromatic ring is 1. The Morgan fingerprint density at radius 1 is 1.00 bits per heavy atom. The number of rotatable bonds is 2. The van der Waals surface area contributed by atoms with Crippen LogP contribution in [-0.2, 0) is 6.18 Å². The Morgan fingerprint density at radius 2 is 1.70 bits per heavy atom. The molecule has 2 nitrogen and oxygen atoms in total. The highest BCUT2D eigenvalue weighted by atomic mass is 79.9. The van der Waals surface area contributed by atoms with Crippen molar-refractivity contribution in [3.05, 3.63) is 52.3 Å². The van der Waals surface area contributed by atoms with Crippen LogP contribution in [0.25, 0.3) is 0 Å². The van der Waals surface area contributed by atoms with Crippen LogP contribution in [0.2, 0.25) is 0 Å². The van der Waals surface area contributed by atoms with E-state index in [1.165, 1.54) is 18.2 Å². The van der Waals surface area contributed by atoms with E-state index in [1.54, 1.807) is 0 Å². The second kappa shape index (κ2) is 5.32. The molecule has 0 aliphatic heterocycles. The molecule has 7 heteroatoms.